The number of ketones is 1. The summed E-state index contributed by atoms with van der Waals surface area (Å²) < 4.78 is 49.6. The van der Waals surface area contributed by atoms with E-state index in [0.29, 0.717) is 34.7 Å². The standard InChI is InChI=1S/C34H31F3N4O4/c1-2-45-34(44)31-28-13-18-9-22(10-18)32(28)41(40-31)17-25(42)14-21(8-19-11-23(35)16-24(36)12-19)30-26(4-3-7-39-30)20-5-6-29(37)27(15-20)33(38)43/h3-7,11-12,15-16,18,21-22H,2,8-10,13-14,17H2,1H3,(H2,38,43)/t18?,21-,22?/m1/s1. The Bertz CT molecular complexity index is 1790. The molecule has 3 aliphatic rings. The summed E-state index contributed by atoms with van der Waals surface area (Å²) in [6.45, 7) is 1.82. The molecule has 232 valence electrons. The van der Waals surface area contributed by atoms with Gasteiger partial charge >= 0.3 is 5.97 Å². The van der Waals surface area contributed by atoms with Gasteiger partial charge in [0.1, 0.15) is 17.5 Å². The fraction of sp³-hybridized carbons (Fsp3) is 0.324. The van der Waals surface area contributed by atoms with Gasteiger partial charge < -0.3 is 10.5 Å². The van der Waals surface area contributed by atoms with E-state index in [-0.39, 0.29) is 49.0 Å². The molecule has 0 aliphatic heterocycles. The largest absolute Gasteiger partial charge is 0.461 e. The second kappa shape index (κ2) is 12.3. The predicted molar refractivity (Wildman–Crippen MR) is 158 cm³/mol. The van der Waals surface area contributed by atoms with Gasteiger partial charge in [-0.1, -0.05) is 12.1 Å². The number of carbonyl (C=O) groups excluding carboxylic acids is 3. The molecule has 1 fully saturated rings. The van der Waals surface area contributed by atoms with Crippen LogP contribution in [-0.2, 0) is 28.9 Å². The minimum absolute atomic E-state index is 0.0594. The van der Waals surface area contributed by atoms with Crippen molar-refractivity contribution in [3.05, 3.63) is 106 Å². The normalized spacial score (nSPS) is 17.2. The van der Waals surface area contributed by atoms with Crippen LogP contribution in [0.2, 0.25) is 0 Å². The van der Waals surface area contributed by atoms with Gasteiger partial charge in [0.25, 0.3) is 5.91 Å². The molecule has 0 unspecified atom stereocenters. The van der Waals surface area contributed by atoms with E-state index < -0.39 is 35.2 Å². The molecule has 2 bridgehead atoms. The molecule has 0 spiro atoms. The number of esters is 1. The predicted octanol–water partition coefficient (Wildman–Crippen LogP) is 5.67. The molecular weight excluding hydrogens is 585 g/mol. The third-order valence-electron chi connectivity index (χ3n) is 8.65. The van der Waals surface area contributed by atoms with E-state index in [0.717, 1.165) is 36.2 Å². The van der Waals surface area contributed by atoms with Crippen molar-refractivity contribution in [1.82, 2.24) is 14.8 Å². The van der Waals surface area contributed by atoms with Gasteiger partial charge in [0, 0.05) is 47.3 Å². The summed E-state index contributed by atoms with van der Waals surface area (Å²) >= 11 is 0. The average Bonchev–Trinajstić information content (AvgIpc) is 3.35. The number of aromatic nitrogens is 3. The molecule has 7 rings (SSSR count). The van der Waals surface area contributed by atoms with Gasteiger partial charge in [-0.25, -0.2) is 18.0 Å². The van der Waals surface area contributed by atoms with E-state index in [9.17, 15) is 27.6 Å². The SMILES string of the molecule is CCOC(=O)c1nn(CC(=O)C[C@@H](Cc2cc(F)cc(F)c2)c2ncccc2-c2ccc(F)c(C(N)=O)c2)c2c1CC1CC2C1. The second-order valence-corrected chi connectivity index (χ2v) is 11.7. The first-order valence-corrected chi connectivity index (χ1v) is 14.9. The van der Waals surface area contributed by atoms with Crippen LogP contribution < -0.4 is 5.73 Å². The Balaban J connectivity index is 1.36. The molecule has 8 nitrogen and oxygen atoms in total. The fourth-order valence-electron chi connectivity index (χ4n) is 6.72. The fourth-order valence-corrected chi connectivity index (χ4v) is 6.72. The zero-order chi connectivity index (χ0) is 31.8. The number of amides is 1. The van der Waals surface area contributed by atoms with Crippen molar-refractivity contribution in [3.8, 4) is 11.1 Å². The molecule has 1 atom stereocenters. The van der Waals surface area contributed by atoms with Crippen LogP contribution in [0.25, 0.3) is 11.1 Å². The first-order valence-electron chi connectivity index (χ1n) is 14.9. The number of Topliss-reactive ketones (excluding diaryl/α,β-unsaturated/α-hetero) is 1. The van der Waals surface area contributed by atoms with Crippen molar-refractivity contribution >= 4 is 17.7 Å². The van der Waals surface area contributed by atoms with E-state index in [2.05, 4.69) is 10.1 Å². The Morgan fingerprint density at radius 1 is 1.07 bits per heavy atom. The highest BCUT2D eigenvalue weighted by atomic mass is 19.1. The number of primary amides is 1. The lowest BCUT2D eigenvalue weighted by Gasteiger charge is -2.41. The van der Waals surface area contributed by atoms with Crippen molar-refractivity contribution in [1.29, 1.82) is 0 Å². The number of pyridine rings is 1. The lowest BCUT2D eigenvalue weighted by Crippen LogP contribution is -2.33. The smallest absolute Gasteiger partial charge is 0.359 e. The molecule has 2 N–H and O–H groups in total. The number of hydrogen-bond acceptors (Lipinski definition) is 6. The van der Waals surface area contributed by atoms with Gasteiger partial charge in [0.2, 0.25) is 0 Å². The van der Waals surface area contributed by atoms with Crippen LogP contribution in [0.5, 0.6) is 0 Å². The first kappa shape index (κ1) is 30.2. The monoisotopic (exact) mass is 616 g/mol. The minimum atomic E-state index is -0.940. The van der Waals surface area contributed by atoms with Gasteiger partial charge in [-0.3, -0.25) is 19.3 Å². The topological polar surface area (TPSA) is 117 Å². The maximum absolute atomic E-state index is 14.3. The van der Waals surface area contributed by atoms with Crippen LogP contribution in [0.15, 0.2) is 54.7 Å². The molecule has 0 saturated heterocycles. The quantitative estimate of drug-likeness (QED) is 0.217. The molecule has 11 heteroatoms. The van der Waals surface area contributed by atoms with E-state index in [1.165, 1.54) is 30.5 Å². The number of rotatable bonds is 11. The number of hydrogen-bond donors (Lipinski definition) is 1. The maximum Gasteiger partial charge on any atom is 0.359 e. The molecule has 2 heterocycles. The highest BCUT2D eigenvalue weighted by molar-refractivity contribution is 5.94. The Morgan fingerprint density at radius 3 is 2.53 bits per heavy atom. The van der Waals surface area contributed by atoms with Crippen molar-refractivity contribution in [2.75, 3.05) is 6.61 Å². The van der Waals surface area contributed by atoms with Crippen LogP contribution in [0.4, 0.5) is 13.2 Å². The Kier molecular flexibility index (Phi) is 8.26. The summed E-state index contributed by atoms with van der Waals surface area (Å²) in [5.74, 6) is -3.93. The van der Waals surface area contributed by atoms with E-state index in [1.807, 2.05) is 0 Å². The van der Waals surface area contributed by atoms with Gasteiger partial charge in [-0.05, 0) is 80.0 Å². The summed E-state index contributed by atoms with van der Waals surface area (Å²) in [5.41, 5.74) is 8.75. The molecule has 1 amide bonds. The van der Waals surface area contributed by atoms with Crippen molar-refractivity contribution in [2.45, 2.75) is 57.4 Å². The van der Waals surface area contributed by atoms with Crippen LogP contribution in [0, 0.1) is 23.4 Å². The van der Waals surface area contributed by atoms with E-state index in [4.69, 9.17) is 10.5 Å². The van der Waals surface area contributed by atoms with Crippen LogP contribution in [-0.4, -0.2) is 39.0 Å². The third-order valence-corrected chi connectivity index (χ3v) is 8.65. The van der Waals surface area contributed by atoms with Gasteiger partial charge in [-0.15, -0.1) is 0 Å². The van der Waals surface area contributed by atoms with Crippen molar-refractivity contribution in [2.24, 2.45) is 11.7 Å². The molecule has 0 radical (unpaired) electrons. The number of halogens is 3. The highest BCUT2D eigenvalue weighted by Gasteiger charge is 2.43. The van der Waals surface area contributed by atoms with Crippen molar-refractivity contribution in [3.63, 3.8) is 0 Å². The van der Waals surface area contributed by atoms with E-state index >= 15 is 0 Å². The van der Waals surface area contributed by atoms with Crippen LogP contribution >= 0.6 is 0 Å². The number of benzene rings is 2. The zero-order valence-corrected chi connectivity index (χ0v) is 24.6. The van der Waals surface area contributed by atoms with Gasteiger partial charge in [-0.2, -0.15) is 5.10 Å². The Hall–Kier alpha value is -4.80. The van der Waals surface area contributed by atoms with Crippen LogP contribution in [0.3, 0.4) is 0 Å². The molecule has 3 aliphatic carbocycles. The summed E-state index contributed by atoms with van der Waals surface area (Å²) in [5, 5.41) is 4.54. The number of carbonyl (C=O) groups is 3. The number of nitrogens with two attached hydrogens (primary N) is 1. The van der Waals surface area contributed by atoms with Crippen molar-refractivity contribution < 1.29 is 32.3 Å². The summed E-state index contributed by atoms with van der Waals surface area (Å²) in [4.78, 5) is 42.9. The first-order chi connectivity index (χ1) is 21.6. The van der Waals surface area contributed by atoms with Crippen LogP contribution in [0.1, 0.15) is 81.4 Å². The molecule has 2 aromatic carbocycles. The summed E-state index contributed by atoms with van der Waals surface area (Å²) in [6.07, 6.45) is 4.18. The number of nitrogens with zero attached hydrogens (tertiary/aromatic N) is 3. The summed E-state index contributed by atoms with van der Waals surface area (Å²) in [6, 6.07) is 10.5. The number of ether oxygens (including phenoxy) is 1. The molecule has 4 aromatic rings. The Labute approximate surface area is 257 Å². The maximum atomic E-state index is 14.3. The average molecular weight is 617 g/mol. The summed E-state index contributed by atoms with van der Waals surface area (Å²) in [7, 11) is 0. The van der Waals surface area contributed by atoms with Gasteiger partial charge in [0.05, 0.1) is 24.4 Å². The molecule has 1 saturated carbocycles. The lowest BCUT2D eigenvalue weighted by atomic mass is 9.64. The highest BCUT2D eigenvalue weighted by Crippen LogP contribution is 2.50. The minimum Gasteiger partial charge on any atom is -0.461 e. The van der Waals surface area contributed by atoms with E-state index in [1.54, 1.807) is 23.7 Å². The molecule has 45 heavy (non-hydrogen) atoms. The van der Waals surface area contributed by atoms with Gasteiger partial charge in [0.15, 0.2) is 11.5 Å². The second-order valence-electron chi connectivity index (χ2n) is 11.7. The third kappa shape index (κ3) is 6.11. The lowest BCUT2D eigenvalue weighted by molar-refractivity contribution is -0.120. The molecule has 2 aromatic heterocycles. The Morgan fingerprint density at radius 2 is 1.82 bits per heavy atom. The zero-order valence-electron chi connectivity index (χ0n) is 24.6. The molecular formula is C34H31F3N4O4.